The smallest absolute Gasteiger partial charge is 0.248 e. The molecule has 1 saturated carbocycles. The molecule has 1 aromatic rings. The molecule has 178 valence electrons. The van der Waals surface area contributed by atoms with Gasteiger partial charge in [-0.3, -0.25) is 14.8 Å². The van der Waals surface area contributed by atoms with Crippen molar-refractivity contribution in [2.45, 2.75) is 37.0 Å². The highest BCUT2D eigenvalue weighted by Crippen LogP contribution is 2.34. The Bertz CT molecular complexity index is 852. The van der Waals surface area contributed by atoms with E-state index in [0.29, 0.717) is 38.6 Å². The van der Waals surface area contributed by atoms with E-state index in [1.807, 2.05) is 0 Å². The van der Waals surface area contributed by atoms with Crippen LogP contribution >= 0.6 is 0 Å². The van der Waals surface area contributed by atoms with Crippen molar-refractivity contribution in [1.29, 1.82) is 0 Å². The van der Waals surface area contributed by atoms with Gasteiger partial charge in [-0.1, -0.05) is 43.9 Å². The Morgan fingerprint density at radius 1 is 1.09 bits per heavy atom. The lowest BCUT2D eigenvalue weighted by atomic mass is 9.82. The number of carbonyl (C=O) groups is 2. The van der Waals surface area contributed by atoms with Crippen LogP contribution in [0.1, 0.15) is 32.1 Å². The largest absolute Gasteiger partial charge is 0.378 e. The number of carbonyl (C=O) groups excluding carboxylic acids is 2. The van der Waals surface area contributed by atoms with E-state index in [9.17, 15) is 23.2 Å². The molecule has 10 heteroatoms. The lowest BCUT2D eigenvalue weighted by molar-refractivity contribution is -0.148. The SMILES string of the molecule is O=C(NO)C(CNCS(=O)(=O)c1ccccc1)C(CC1CCCC1)C(=O)N1CCOCC1. The van der Waals surface area contributed by atoms with Crippen LogP contribution < -0.4 is 10.8 Å². The zero-order chi connectivity index (χ0) is 23.0. The number of hydroxylamine groups is 1. The molecule has 1 aliphatic heterocycles. The molecule has 1 saturated heterocycles. The second kappa shape index (κ2) is 11.7. The van der Waals surface area contributed by atoms with E-state index in [1.165, 1.54) is 12.1 Å². The zero-order valence-electron chi connectivity index (χ0n) is 18.2. The molecule has 0 radical (unpaired) electrons. The van der Waals surface area contributed by atoms with E-state index >= 15 is 0 Å². The predicted molar refractivity (Wildman–Crippen MR) is 117 cm³/mol. The Morgan fingerprint density at radius 2 is 1.75 bits per heavy atom. The first-order valence-corrected chi connectivity index (χ1v) is 12.9. The van der Waals surface area contributed by atoms with Crippen molar-refractivity contribution in [1.82, 2.24) is 15.7 Å². The van der Waals surface area contributed by atoms with Crippen LogP contribution in [-0.4, -0.2) is 69.1 Å². The third-order valence-corrected chi connectivity index (χ3v) is 7.97. The summed E-state index contributed by atoms with van der Waals surface area (Å²) in [6.45, 7) is 1.79. The van der Waals surface area contributed by atoms with Crippen LogP contribution in [0.15, 0.2) is 35.2 Å². The minimum absolute atomic E-state index is 0.0358. The lowest BCUT2D eigenvalue weighted by Crippen LogP contribution is -2.50. The predicted octanol–water partition coefficient (Wildman–Crippen LogP) is 1.18. The van der Waals surface area contributed by atoms with Crippen LogP contribution in [0.3, 0.4) is 0 Å². The first-order chi connectivity index (χ1) is 15.4. The van der Waals surface area contributed by atoms with Crippen LogP contribution in [0.5, 0.6) is 0 Å². The molecule has 1 aliphatic carbocycles. The Hall–Kier alpha value is -2.01. The first-order valence-electron chi connectivity index (χ1n) is 11.2. The fraction of sp³-hybridized carbons (Fsp3) is 0.636. The Kier molecular flexibility index (Phi) is 9.03. The maximum absolute atomic E-state index is 13.4. The summed E-state index contributed by atoms with van der Waals surface area (Å²) in [6, 6.07) is 8.06. The summed E-state index contributed by atoms with van der Waals surface area (Å²) in [7, 11) is -3.59. The highest BCUT2D eigenvalue weighted by atomic mass is 32.2. The molecule has 3 N–H and O–H groups in total. The third kappa shape index (κ3) is 6.50. The highest BCUT2D eigenvalue weighted by molar-refractivity contribution is 7.91. The van der Waals surface area contributed by atoms with Gasteiger partial charge in [0.15, 0.2) is 9.84 Å². The van der Waals surface area contributed by atoms with Gasteiger partial charge in [0.25, 0.3) is 0 Å². The molecule has 2 unspecified atom stereocenters. The lowest BCUT2D eigenvalue weighted by Gasteiger charge is -2.34. The molecule has 2 fully saturated rings. The van der Waals surface area contributed by atoms with Gasteiger partial charge in [0.1, 0.15) is 5.88 Å². The molecule has 0 bridgehead atoms. The van der Waals surface area contributed by atoms with Crippen LogP contribution in [0, 0.1) is 17.8 Å². The molecule has 32 heavy (non-hydrogen) atoms. The number of nitrogens with one attached hydrogen (secondary N) is 2. The summed E-state index contributed by atoms with van der Waals surface area (Å²) in [5.41, 5.74) is 1.68. The van der Waals surface area contributed by atoms with Crippen molar-refractivity contribution in [2.24, 2.45) is 17.8 Å². The van der Waals surface area contributed by atoms with Crippen molar-refractivity contribution in [3.8, 4) is 0 Å². The van der Waals surface area contributed by atoms with E-state index < -0.39 is 27.6 Å². The summed E-state index contributed by atoms with van der Waals surface area (Å²) in [4.78, 5) is 27.9. The van der Waals surface area contributed by atoms with Crippen molar-refractivity contribution in [3.05, 3.63) is 30.3 Å². The maximum Gasteiger partial charge on any atom is 0.248 e. The minimum atomic E-state index is -3.59. The van der Waals surface area contributed by atoms with Gasteiger partial charge in [-0.15, -0.1) is 0 Å². The van der Waals surface area contributed by atoms with Crippen LogP contribution in [0.2, 0.25) is 0 Å². The number of morpholine rings is 1. The molecule has 9 nitrogen and oxygen atoms in total. The van der Waals surface area contributed by atoms with Crippen molar-refractivity contribution < 1.29 is 28.0 Å². The molecule has 2 atom stereocenters. The molecule has 2 amide bonds. The number of hydrogen-bond acceptors (Lipinski definition) is 7. The van der Waals surface area contributed by atoms with Crippen molar-refractivity contribution in [3.63, 3.8) is 0 Å². The maximum atomic E-state index is 13.4. The van der Waals surface area contributed by atoms with Gasteiger partial charge < -0.3 is 15.0 Å². The summed E-state index contributed by atoms with van der Waals surface area (Å²) >= 11 is 0. The summed E-state index contributed by atoms with van der Waals surface area (Å²) < 4.78 is 30.5. The summed E-state index contributed by atoms with van der Waals surface area (Å²) in [5, 5.41) is 12.2. The number of hydrogen-bond donors (Lipinski definition) is 3. The molecule has 0 aromatic heterocycles. The second-order valence-electron chi connectivity index (χ2n) is 8.54. The van der Waals surface area contributed by atoms with E-state index in [1.54, 1.807) is 28.6 Å². The summed E-state index contributed by atoms with van der Waals surface area (Å²) in [5.74, 6) is -2.38. The number of nitrogens with zero attached hydrogens (tertiary/aromatic N) is 1. The third-order valence-electron chi connectivity index (χ3n) is 6.39. The molecule has 0 spiro atoms. The zero-order valence-corrected chi connectivity index (χ0v) is 19.1. The molecule has 3 rings (SSSR count). The first kappa shape index (κ1) is 24.6. The highest BCUT2D eigenvalue weighted by Gasteiger charge is 2.38. The number of amides is 2. The van der Waals surface area contributed by atoms with Gasteiger partial charge in [-0.2, -0.15) is 0 Å². The molecule has 1 aromatic carbocycles. The van der Waals surface area contributed by atoms with Gasteiger partial charge in [-0.25, -0.2) is 13.9 Å². The fourth-order valence-corrected chi connectivity index (χ4v) is 5.75. The van der Waals surface area contributed by atoms with E-state index in [4.69, 9.17) is 4.74 Å². The van der Waals surface area contributed by atoms with Gasteiger partial charge in [-0.05, 0) is 24.5 Å². The standard InChI is InChI=1S/C22H33N3O6S/c26-21(24-28)20(15-23-16-32(29,30)18-8-2-1-3-9-18)19(14-17-6-4-5-7-17)22(27)25-10-12-31-13-11-25/h1-3,8-9,17,19-20,23,28H,4-7,10-16H2,(H,24,26). The topological polar surface area (TPSA) is 125 Å². The van der Waals surface area contributed by atoms with E-state index in [2.05, 4.69) is 5.32 Å². The van der Waals surface area contributed by atoms with E-state index in [0.717, 1.165) is 25.7 Å². The molecule has 1 heterocycles. The van der Waals surface area contributed by atoms with Gasteiger partial charge in [0.05, 0.1) is 29.9 Å². The average molecular weight is 468 g/mol. The Morgan fingerprint density at radius 3 is 2.38 bits per heavy atom. The quantitative estimate of drug-likeness (QED) is 0.349. The van der Waals surface area contributed by atoms with Crippen molar-refractivity contribution in [2.75, 3.05) is 38.7 Å². The number of rotatable bonds is 10. The Labute approximate surface area is 189 Å². The average Bonchev–Trinajstić information content (AvgIpc) is 3.34. The fourth-order valence-electron chi connectivity index (χ4n) is 4.62. The van der Waals surface area contributed by atoms with Gasteiger partial charge in [0.2, 0.25) is 11.8 Å². The van der Waals surface area contributed by atoms with Crippen molar-refractivity contribution >= 4 is 21.7 Å². The molecule has 2 aliphatic rings. The number of benzene rings is 1. The van der Waals surface area contributed by atoms with Crippen LogP contribution in [0.4, 0.5) is 0 Å². The molecular formula is C22H33N3O6S. The molecular weight excluding hydrogens is 434 g/mol. The second-order valence-corrected chi connectivity index (χ2v) is 10.5. The van der Waals surface area contributed by atoms with E-state index in [-0.39, 0.29) is 23.2 Å². The monoisotopic (exact) mass is 467 g/mol. The summed E-state index contributed by atoms with van der Waals surface area (Å²) in [6.07, 6.45) is 4.77. The van der Waals surface area contributed by atoms with Crippen LogP contribution in [-0.2, 0) is 24.2 Å². The normalized spacial score (nSPS) is 19.5. The Balaban J connectivity index is 1.73. The minimum Gasteiger partial charge on any atom is -0.378 e. The number of ether oxygens (including phenoxy) is 1. The van der Waals surface area contributed by atoms with Gasteiger partial charge >= 0.3 is 0 Å². The van der Waals surface area contributed by atoms with Gasteiger partial charge in [0, 0.05) is 19.6 Å². The van der Waals surface area contributed by atoms with Crippen LogP contribution in [0.25, 0.3) is 0 Å². The number of sulfone groups is 1.